The van der Waals surface area contributed by atoms with Gasteiger partial charge in [0.1, 0.15) is 17.7 Å². The molecule has 1 rings (SSSR count). The predicted octanol–water partition coefficient (Wildman–Crippen LogP) is 0.978. The van der Waals surface area contributed by atoms with Crippen molar-refractivity contribution >= 4 is 27.7 Å². The third kappa shape index (κ3) is 5.91. The zero-order chi connectivity index (χ0) is 19.2. The van der Waals surface area contributed by atoms with Crippen molar-refractivity contribution < 1.29 is 27.7 Å². The van der Waals surface area contributed by atoms with Crippen molar-refractivity contribution in [2.24, 2.45) is 5.92 Å². The first-order valence-corrected chi connectivity index (χ1v) is 8.48. The van der Waals surface area contributed by atoms with Crippen LogP contribution in [0.1, 0.15) is 13.8 Å². The largest absolute Gasteiger partial charge is 0.480 e. The molecule has 0 aliphatic carbocycles. The van der Waals surface area contributed by atoms with E-state index in [0.717, 1.165) is 18.3 Å². The lowest BCUT2D eigenvalue weighted by Crippen LogP contribution is -2.38. The highest BCUT2D eigenvalue weighted by atomic mass is 32.2. The van der Waals surface area contributed by atoms with Gasteiger partial charge in [-0.1, -0.05) is 19.9 Å². The van der Waals surface area contributed by atoms with Gasteiger partial charge in [0.2, 0.25) is 0 Å². The van der Waals surface area contributed by atoms with E-state index in [-0.39, 0.29) is 11.6 Å². The molecule has 4 N–H and O–H groups in total. The first kappa shape index (κ1) is 20.1. The van der Waals surface area contributed by atoms with Gasteiger partial charge in [-0.25, -0.2) is 4.79 Å². The summed E-state index contributed by atoms with van der Waals surface area (Å²) in [7, 11) is -4.44. The lowest BCUT2D eigenvalue weighted by molar-refractivity contribution is -0.140. The van der Waals surface area contributed by atoms with Crippen LogP contribution < -0.4 is 10.6 Å². The number of carboxylic acid groups (broad SMARTS) is 1. The number of aliphatic carboxylic acids is 1. The van der Waals surface area contributed by atoms with Gasteiger partial charge in [-0.3, -0.25) is 9.35 Å². The Kier molecular flexibility index (Phi) is 6.67. The molecule has 0 saturated carbocycles. The molecule has 1 amide bonds. The Bertz CT molecular complexity index is 839. The molecule has 1 atom stereocenters. The Balaban J connectivity index is 2.96. The third-order valence-corrected chi connectivity index (χ3v) is 3.94. The Hall–Kier alpha value is -2.90. The standard InChI is InChI=1S/C15H17N3O6S/c1-9(2)13(15(20)21)17-8-10(7-16)14(19)18-11-4-3-5-12(6-11)25(22,23)24/h3-6,8-9,13,17H,1-2H3,(H,18,19)(H,20,21)(H,22,23,24)/b10-8-. The van der Waals surface area contributed by atoms with Gasteiger partial charge >= 0.3 is 5.97 Å². The van der Waals surface area contributed by atoms with Crippen LogP contribution in [0.4, 0.5) is 5.69 Å². The summed E-state index contributed by atoms with van der Waals surface area (Å²) in [5.74, 6) is -2.29. The van der Waals surface area contributed by atoms with Gasteiger partial charge < -0.3 is 15.7 Å². The second-order valence-electron chi connectivity index (χ2n) is 5.35. The van der Waals surface area contributed by atoms with Gasteiger partial charge in [-0.05, 0) is 24.1 Å². The first-order valence-electron chi connectivity index (χ1n) is 7.04. The van der Waals surface area contributed by atoms with E-state index in [4.69, 9.17) is 14.9 Å². The quantitative estimate of drug-likeness (QED) is 0.315. The number of amides is 1. The summed E-state index contributed by atoms with van der Waals surface area (Å²) in [6.45, 7) is 3.32. The van der Waals surface area contributed by atoms with Crippen LogP contribution in [-0.4, -0.2) is 36.0 Å². The van der Waals surface area contributed by atoms with Crippen LogP contribution in [0, 0.1) is 17.2 Å². The van der Waals surface area contributed by atoms with E-state index in [9.17, 15) is 18.0 Å². The number of rotatable bonds is 7. The second-order valence-corrected chi connectivity index (χ2v) is 6.77. The highest BCUT2D eigenvalue weighted by Crippen LogP contribution is 2.15. The van der Waals surface area contributed by atoms with Crippen LogP contribution in [0.2, 0.25) is 0 Å². The summed E-state index contributed by atoms with van der Waals surface area (Å²) in [4.78, 5) is 22.7. The Morgan fingerprint density at radius 1 is 1.32 bits per heavy atom. The van der Waals surface area contributed by atoms with Crippen molar-refractivity contribution in [2.45, 2.75) is 24.8 Å². The molecule has 0 aliphatic rings. The molecule has 0 heterocycles. The molecule has 9 nitrogen and oxygen atoms in total. The third-order valence-electron chi connectivity index (χ3n) is 3.09. The van der Waals surface area contributed by atoms with Crippen molar-refractivity contribution in [3.63, 3.8) is 0 Å². The SMILES string of the molecule is CC(C)C(N/C=C(/C#N)C(=O)Nc1cccc(S(=O)(=O)O)c1)C(=O)O. The Morgan fingerprint density at radius 3 is 2.44 bits per heavy atom. The topological polar surface area (TPSA) is 157 Å². The van der Waals surface area contributed by atoms with Crippen LogP contribution in [0.3, 0.4) is 0 Å². The first-order chi connectivity index (χ1) is 11.6. The zero-order valence-electron chi connectivity index (χ0n) is 13.4. The van der Waals surface area contributed by atoms with E-state index < -0.39 is 38.5 Å². The van der Waals surface area contributed by atoms with Crippen LogP contribution in [-0.2, 0) is 19.7 Å². The van der Waals surface area contributed by atoms with Crippen molar-refractivity contribution in [3.8, 4) is 6.07 Å². The van der Waals surface area contributed by atoms with Crippen molar-refractivity contribution in [2.75, 3.05) is 5.32 Å². The lowest BCUT2D eigenvalue weighted by atomic mass is 10.1. The zero-order valence-corrected chi connectivity index (χ0v) is 14.2. The number of carboxylic acids is 1. The molecule has 0 radical (unpaired) electrons. The van der Waals surface area contributed by atoms with Gasteiger partial charge in [0.05, 0.1) is 4.90 Å². The molecule has 0 bridgehead atoms. The minimum absolute atomic E-state index is 0.0416. The number of carbonyl (C=O) groups excluding carboxylic acids is 1. The predicted molar refractivity (Wildman–Crippen MR) is 88.0 cm³/mol. The van der Waals surface area contributed by atoms with Crippen LogP contribution in [0.15, 0.2) is 40.9 Å². The molecule has 1 aromatic rings. The number of hydrogen-bond donors (Lipinski definition) is 4. The maximum absolute atomic E-state index is 12.1. The second kappa shape index (κ2) is 8.27. The number of anilines is 1. The average Bonchev–Trinajstić information content (AvgIpc) is 2.50. The molecule has 25 heavy (non-hydrogen) atoms. The van der Waals surface area contributed by atoms with Crippen LogP contribution in [0.5, 0.6) is 0 Å². The highest BCUT2D eigenvalue weighted by Gasteiger charge is 2.20. The number of nitriles is 1. The number of benzene rings is 1. The molecule has 0 aromatic heterocycles. The van der Waals surface area contributed by atoms with Crippen LogP contribution >= 0.6 is 0 Å². The van der Waals surface area contributed by atoms with Crippen molar-refractivity contribution in [3.05, 3.63) is 36.0 Å². The van der Waals surface area contributed by atoms with Crippen molar-refractivity contribution in [1.82, 2.24) is 5.32 Å². The van der Waals surface area contributed by atoms with Gasteiger partial charge in [-0.15, -0.1) is 0 Å². The van der Waals surface area contributed by atoms with Gasteiger partial charge in [-0.2, -0.15) is 13.7 Å². The monoisotopic (exact) mass is 367 g/mol. The molecular weight excluding hydrogens is 350 g/mol. The fourth-order valence-electron chi connectivity index (χ4n) is 1.80. The van der Waals surface area contributed by atoms with E-state index in [0.29, 0.717) is 0 Å². The molecule has 0 fully saturated rings. The Morgan fingerprint density at radius 2 is 1.96 bits per heavy atom. The number of carbonyl (C=O) groups is 2. The maximum Gasteiger partial charge on any atom is 0.326 e. The molecular formula is C15H17N3O6S. The van der Waals surface area contributed by atoms with Gasteiger partial charge in [0.15, 0.2) is 0 Å². The smallest absolute Gasteiger partial charge is 0.326 e. The molecule has 0 saturated heterocycles. The summed E-state index contributed by atoms with van der Waals surface area (Å²) >= 11 is 0. The summed E-state index contributed by atoms with van der Waals surface area (Å²) in [5.41, 5.74) is -0.357. The van der Waals surface area contributed by atoms with Gasteiger partial charge in [0.25, 0.3) is 16.0 Å². The number of nitrogens with zero attached hydrogens (tertiary/aromatic N) is 1. The number of hydrogen-bond acceptors (Lipinski definition) is 6. The van der Waals surface area contributed by atoms with E-state index in [1.165, 1.54) is 12.1 Å². The average molecular weight is 367 g/mol. The summed E-state index contributed by atoms with van der Waals surface area (Å²) in [6.07, 6.45) is 0.987. The summed E-state index contributed by atoms with van der Waals surface area (Å²) in [6, 6.07) is 5.45. The molecule has 134 valence electrons. The molecule has 0 aliphatic heterocycles. The summed E-state index contributed by atoms with van der Waals surface area (Å²) < 4.78 is 31.1. The minimum atomic E-state index is -4.44. The van der Waals surface area contributed by atoms with E-state index in [2.05, 4.69) is 10.6 Å². The van der Waals surface area contributed by atoms with Crippen molar-refractivity contribution in [1.29, 1.82) is 5.26 Å². The molecule has 0 spiro atoms. The molecule has 1 aromatic carbocycles. The molecule has 10 heteroatoms. The normalized spacial score (nSPS) is 13.0. The van der Waals surface area contributed by atoms with Gasteiger partial charge in [0, 0.05) is 11.9 Å². The highest BCUT2D eigenvalue weighted by molar-refractivity contribution is 7.85. The van der Waals surface area contributed by atoms with E-state index in [1.54, 1.807) is 19.9 Å². The Labute approximate surface area is 144 Å². The lowest BCUT2D eigenvalue weighted by Gasteiger charge is -2.16. The molecule has 1 unspecified atom stereocenters. The summed E-state index contributed by atoms with van der Waals surface area (Å²) in [5, 5.41) is 22.9. The van der Waals surface area contributed by atoms with Crippen LogP contribution in [0.25, 0.3) is 0 Å². The van der Waals surface area contributed by atoms with E-state index in [1.807, 2.05) is 0 Å². The fourth-order valence-corrected chi connectivity index (χ4v) is 2.33. The van der Waals surface area contributed by atoms with E-state index >= 15 is 0 Å². The minimum Gasteiger partial charge on any atom is -0.480 e. The fraction of sp³-hybridized carbons (Fsp3) is 0.267. The maximum atomic E-state index is 12.1. The number of nitrogens with one attached hydrogen (secondary N) is 2.